The Morgan fingerprint density at radius 2 is 1.73 bits per heavy atom. The molecular formula is C26H36ClN3O6S. The Bertz CT molecular complexity index is 1210. The van der Waals surface area contributed by atoms with Crippen LogP contribution in [0.5, 0.6) is 11.5 Å². The molecule has 0 heterocycles. The van der Waals surface area contributed by atoms with E-state index in [0.29, 0.717) is 22.8 Å². The van der Waals surface area contributed by atoms with Gasteiger partial charge in [-0.25, -0.2) is 8.42 Å². The molecule has 1 unspecified atom stereocenters. The summed E-state index contributed by atoms with van der Waals surface area (Å²) in [7, 11) is -1.05. The van der Waals surface area contributed by atoms with Crippen LogP contribution in [0.1, 0.15) is 39.7 Å². The standard InChI is InChI=1S/C26H36ClN3O6S/c1-8-21(25(32)28-26(2,3)4)29(16-18-11-9-10-12-20(18)27)24(31)17-30(37(7,33)34)22-14-13-19(35-5)15-23(22)36-6/h9-15,21H,8,16-17H2,1-7H3,(H,28,32). The summed E-state index contributed by atoms with van der Waals surface area (Å²) in [5.41, 5.74) is 0.273. The van der Waals surface area contributed by atoms with Gasteiger partial charge in [0.25, 0.3) is 0 Å². The normalized spacial score (nSPS) is 12.4. The molecule has 1 N–H and O–H groups in total. The number of hydrogen-bond acceptors (Lipinski definition) is 6. The molecule has 0 saturated carbocycles. The van der Waals surface area contributed by atoms with Gasteiger partial charge in [-0.3, -0.25) is 13.9 Å². The zero-order valence-electron chi connectivity index (χ0n) is 22.4. The maximum Gasteiger partial charge on any atom is 0.244 e. The minimum atomic E-state index is -3.92. The van der Waals surface area contributed by atoms with E-state index in [0.717, 1.165) is 10.6 Å². The number of nitrogens with one attached hydrogen (secondary N) is 1. The fourth-order valence-corrected chi connectivity index (χ4v) is 4.82. The number of ether oxygens (including phenoxy) is 2. The molecular weight excluding hydrogens is 518 g/mol. The summed E-state index contributed by atoms with van der Waals surface area (Å²) >= 11 is 6.38. The predicted molar refractivity (Wildman–Crippen MR) is 146 cm³/mol. The average molecular weight is 554 g/mol. The number of anilines is 1. The molecule has 37 heavy (non-hydrogen) atoms. The second-order valence-electron chi connectivity index (χ2n) is 9.58. The Hall–Kier alpha value is -2.98. The summed E-state index contributed by atoms with van der Waals surface area (Å²) in [6, 6.07) is 10.8. The van der Waals surface area contributed by atoms with Gasteiger partial charge in [0.1, 0.15) is 24.1 Å². The number of methoxy groups -OCH3 is 2. The molecule has 2 amide bonds. The van der Waals surface area contributed by atoms with E-state index in [-0.39, 0.29) is 23.9 Å². The van der Waals surface area contributed by atoms with E-state index in [4.69, 9.17) is 21.1 Å². The number of rotatable bonds is 11. The summed E-state index contributed by atoms with van der Waals surface area (Å²) in [5.74, 6) is -0.235. The Balaban J connectivity index is 2.54. The molecule has 0 radical (unpaired) electrons. The van der Waals surface area contributed by atoms with E-state index in [2.05, 4.69) is 5.32 Å². The Kier molecular flexibility index (Phi) is 10.2. The van der Waals surface area contributed by atoms with E-state index in [1.54, 1.807) is 37.3 Å². The molecule has 11 heteroatoms. The van der Waals surface area contributed by atoms with Gasteiger partial charge in [-0.05, 0) is 51.0 Å². The highest BCUT2D eigenvalue weighted by atomic mass is 35.5. The van der Waals surface area contributed by atoms with Crippen molar-refractivity contribution in [3.05, 3.63) is 53.1 Å². The smallest absolute Gasteiger partial charge is 0.244 e. The monoisotopic (exact) mass is 553 g/mol. The van der Waals surface area contributed by atoms with Crippen LogP contribution in [0, 0.1) is 0 Å². The Morgan fingerprint density at radius 3 is 2.24 bits per heavy atom. The van der Waals surface area contributed by atoms with E-state index >= 15 is 0 Å². The molecule has 2 aromatic carbocycles. The van der Waals surface area contributed by atoms with Crippen LogP contribution in [0.2, 0.25) is 5.02 Å². The summed E-state index contributed by atoms with van der Waals surface area (Å²) in [6.07, 6.45) is 1.31. The first-order valence-electron chi connectivity index (χ1n) is 11.8. The van der Waals surface area contributed by atoms with Crippen molar-refractivity contribution in [3.8, 4) is 11.5 Å². The van der Waals surface area contributed by atoms with Crippen molar-refractivity contribution in [1.29, 1.82) is 0 Å². The third kappa shape index (κ3) is 8.26. The van der Waals surface area contributed by atoms with Crippen molar-refractivity contribution in [2.75, 3.05) is 31.3 Å². The molecule has 204 valence electrons. The van der Waals surface area contributed by atoms with E-state index in [1.165, 1.54) is 31.3 Å². The number of sulfonamides is 1. The van der Waals surface area contributed by atoms with Gasteiger partial charge in [0.15, 0.2) is 0 Å². The van der Waals surface area contributed by atoms with Crippen LogP contribution in [0.3, 0.4) is 0 Å². The molecule has 0 aromatic heterocycles. The third-order valence-corrected chi connectivity index (χ3v) is 7.01. The van der Waals surface area contributed by atoms with Crippen molar-refractivity contribution in [2.45, 2.75) is 52.2 Å². The highest BCUT2D eigenvalue weighted by Crippen LogP contribution is 2.34. The number of benzene rings is 2. The number of nitrogens with zero attached hydrogens (tertiary/aromatic N) is 2. The molecule has 0 aliphatic carbocycles. The lowest BCUT2D eigenvalue weighted by molar-refractivity contribution is -0.141. The van der Waals surface area contributed by atoms with Crippen LogP contribution in [-0.2, 0) is 26.2 Å². The fourth-order valence-electron chi connectivity index (χ4n) is 3.77. The van der Waals surface area contributed by atoms with Gasteiger partial charge in [0, 0.05) is 23.2 Å². The maximum atomic E-state index is 13.8. The maximum absolute atomic E-state index is 13.8. The van der Waals surface area contributed by atoms with Gasteiger partial charge in [-0.2, -0.15) is 0 Å². The molecule has 0 spiro atoms. The molecule has 0 saturated heterocycles. The largest absolute Gasteiger partial charge is 0.497 e. The molecule has 0 aliphatic heterocycles. The topological polar surface area (TPSA) is 105 Å². The quantitative estimate of drug-likeness (QED) is 0.453. The summed E-state index contributed by atoms with van der Waals surface area (Å²) in [6.45, 7) is 6.80. The lowest BCUT2D eigenvalue weighted by atomic mass is 10.1. The first kappa shape index (κ1) is 30.2. The Labute approximate surface area is 224 Å². The number of halogens is 1. The lowest BCUT2D eigenvalue weighted by Crippen LogP contribution is -2.55. The average Bonchev–Trinajstić information content (AvgIpc) is 2.81. The third-order valence-electron chi connectivity index (χ3n) is 5.52. The van der Waals surface area contributed by atoms with E-state index < -0.39 is 34.1 Å². The molecule has 2 rings (SSSR count). The van der Waals surface area contributed by atoms with Gasteiger partial charge in [0.2, 0.25) is 21.8 Å². The summed E-state index contributed by atoms with van der Waals surface area (Å²) in [5, 5.41) is 3.35. The van der Waals surface area contributed by atoms with Crippen LogP contribution in [-0.4, -0.2) is 63.7 Å². The van der Waals surface area contributed by atoms with Crippen LogP contribution in [0.15, 0.2) is 42.5 Å². The van der Waals surface area contributed by atoms with E-state index in [1.807, 2.05) is 20.8 Å². The van der Waals surface area contributed by atoms with Crippen molar-refractivity contribution in [1.82, 2.24) is 10.2 Å². The summed E-state index contributed by atoms with van der Waals surface area (Å²) < 4.78 is 37.3. The minimum absolute atomic E-state index is 0.0198. The zero-order valence-corrected chi connectivity index (χ0v) is 23.9. The van der Waals surface area contributed by atoms with Crippen molar-refractivity contribution in [3.63, 3.8) is 0 Å². The van der Waals surface area contributed by atoms with Crippen LogP contribution in [0.25, 0.3) is 0 Å². The first-order valence-corrected chi connectivity index (χ1v) is 14.0. The van der Waals surface area contributed by atoms with Gasteiger partial charge in [-0.1, -0.05) is 36.7 Å². The molecule has 1 atom stereocenters. The number of hydrogen-bond donors (Lipinski definition) is 1. The van der Waals surface area contributed by atoms with Crippen LogP contribution < -0.4 is 19.1 Å². The number of amides is 2. The van der Waals surface area contributed by atoms with Gasteiger partial charge in [0.05, 0.1) is 26.2 Å². The van der Waals surface area contributed by atoms with Crippen molar-refractivity contribution < 1.29 is 27.5 Å². The van der Waals surface area contributed by atoms with Crippen molar-refractivity contribution in [2.24, 2.45) is 0 Å². The number of carbonyl (C=O) groups is 2. The summed E-state index contributed by atoms with van der Waals surface area (Å²) in [4.78, 5) is 28.4. The SMILES string of the molecule is CCC(C(=O)NC(C)(C)C)N(Cc1ccccc1Cl)C(=O)CN(c1ccc(OC)cc1OC)S(C)(=O)=O. The van der Waals surface area contributed by atoms with Crippen LogP contribution >= 0.6 is 11.6 Å². The van der Waals surface area contributed by atoms with Gasteiger partial charge < -0.3 is 19.7 Å². The van der Waals surface area contributed by atoms with Crippen molar-refractivity contribution >= 4 is 39.1 Å². The highest BCUT2D eigenvalue weighted by molar-refractivity contribution is 7.92. The number of carbonyl (C=O) groups excluding carboxylic acids is 2. The molecule has 0 fully saturated rings. The second kappa shape index (κ2) is 12.5. The zero-order chi connectivity index (χ0) is 28.0. The van der Waals surface area contributed by atoms with Crippen LogP contribution in [0.4, 0.5) is 5.69 Å². The van der Waals surface area contributed by atoms with E-state index in [9.17, 15) is 18.0 Å². The molecule has 9 nitrogen and oxygen atoms in total. The predicted octanol–water partition coefficient (Wildman–Crippen LogP) is 3.85. The molecule has 2 aromatic rings. The first-order chi connectivity index (χ1) is 17.2. The minimum Gasteiger partial charge on any atom is -0.497 e. The van der Waals surface area contributed by atoms with Gasteiger partial charge >= 0.3 is 0 Å². The molecule has 0 bridgehead atoms. The molecule has 0 aliphatic rings. The Morgan fingerprint density at radius 1 is 1.08 bits per heavy atom. The fraction of sp³-hybridized carbons (Fsp3) is 0.462. The highest BCUT2D eigenvalue weighted by Gasteiger charge is 2.34. The second-order valence-corrected chi connectivity index (χ2v) is 11.9. The van der Waals surface area contributed by atoms with Gasteiger partial charge in [-0.15, -0.1) is 0 Å². The lowest BCUT2D eigenvalue weighted by Gasteiger charge is -2.34.